The van der Waals surface area contributed by atoms with Gasteiger partial charge in [-0.05, 0) is 36.2 Å². The maximum absolute atomic E-state index is 13.8. The summed E-state index contributed by atoms with van der Waals surface area (Å²) in [6.45, 7) is 1.95. The Balaban J connectivity index is 1.62. The van der Waals surface area contributed by atoms with E-state index in [4.69, 9.17) is 0 Å². The predicted molar refractivity (Wildman–Crippen MR) is 90.8 cm³/mol. The predicted octanol–water partition coefficient (Wildman–Crippen LogP) is 3.01. The minimum Gasteiger partial charge on any atom is -0.326 e. The largest absolute Gasteiger partial charge is 0.326 e. The number of hydrogen-bond acceptors (Lipinski definition) is 3. The van der Waals surface area contributed by atoms with Crippen molar-refractivity contribution < 1.29 is 18.8 Å². The monoisotopic (exact) mass is 340 g/mol. The van der Waals surface area contributed by atoms with Crippen LogP contribution in [0, 0.1) is 5.82 Å². The summed E-state index contributed by atoms with van der Waals surface area (Å²) in [6, 6.07) is 11.4. The normalized spacial score (nSPS) is 13.1. The first kappa shape index (κ1) is 16.8. The molecular weight excluding hydrogens is 323 g/mol. The van der Waals surface area contributed by atoms with Crippen LogP contribution in [0.15, 0.2) is 42.5 Å². The highest BCUT2D eigenvalue weighted by atomic mass is 19.1. The van der Waals surface area contributed by atoms with Gasteiger partial charge in [-0.15, -0.1) is 0 Å². The molecule has 3 amide bonds. The number of aryl methyl sites for hydroxylation is 1. The van der Waals surface area contributed by atoms with Gasteiger partial charge in [-0.25, -0.2) is 4.39 Å². The van der Waals surface area contributed by atoms with Crippen LogP contribution < -0.4 is 5.32 Å². The fourth-order valence-corrected chi connectivity index (χ4v) is 2.76. The van der Waals surface area contributed by atoms with Crippen molar-refractivity contribution in [1.82, 2.24) is 4.90 Å². The molecule has 128 valence electrons. The van der Waals surface area contributed by atoms with Gasteiger partial charge >= 0.3 is 0 Å². The molecule has 5 nitrogen and oxygen atoms in total. The molecule has 0 aromatic heterocycles. The molecule has 1 aliphatic heterocycles. The maximum Gasteiger partial charge on any atom is 0.264 e. The average Bonchev–Trinajstić information content (AvgIpc) is 2.86. The second-order valence-corrected chi connectivity index (χ2v) is 5.77. The van der Waals surface area contributed by atoms with Crippen LogP contribution in [0.25, 0.3) is 0 Å². The third kappa shape index (κ3) is 3.28. The Morgan fingerprint density at radius 2 is 1.80 bits per heavy atom. The molecule has 3 rings (SSSR count). The van der Waals surface area contributed by atoms with Crippen molar-refractivity contribution in [3.05, 3.63) is 65.0 Å². The van der Waals surface area contributed by atoms with Gasteiger partial charge in [0.05, 0.1) is 11.1 Å². The van der Waals surface area contributed by atoms with Gasteiger partial charge in [0.1, 0.15) is 5.82 Å². The van der Waals surface area contributed by atoms with E-state index in [1.54, 1.807) is 12.1 Å². The number of amides is 3. The summed E-state index contributed by atoms with van der Waals surface area (Å²) in [6.07, 6.45) is 0.854. The molecule has 2 aromatic carbocycles. The Morgan fingerprint density at radius 3 is 2.44 bits per heavy atom. The van der Waals surface area contributed by atoms with Gasteiger partial charge in [0.15, 0.2) is 0 Å². The molecular formula is C19H17FN2O3. The van der Waals surface area contributed by atoms with Gasteiger partial charge in [0.25, 0.3) is 11.8 Å². The van der Waals surface area contributed by atoms with Crippen molar-refractivity contribution in [3.8, 4) is 0 Å². The van der Waals surface area contributed by atoms with E-state index in [0.29, 0.717) is 5.69 Å². The number of carbonyl (C=O) groups is 3. The molecule has 0 aliphatic carbocycles. The van der Waals surface area contributed by atoms with E-state index in [1.807, 2.05) is 19.1 Å². The summed E-state index contributed by atoms with van der Waals surface area (Å²) < 4.78 is 13.8. The Hall–Kier alpha value is -3.02. The molecule has 0 unspecified atom stereocenters. The summed E-state index contributed by atoms with van der Waals surface area (Å²) in [4.78, 5) is 37.4. The fraction of sp³-hybridized carbons (Fsp3) is 0.211. The lowest BCUT2D eigenvalue weighted by atomic mass is 10.1. The van der Waals surface area contributed by atoms with E-state index in [2.05, 4.69) is 5.32 Å². The number of fused-ring (bicyclic) bond motifs is 1. The quantitative estimate of drug-likeness (QED) is 0.851. The lowest BCUT2D eigenvalue weighted by Crippen LogP contribution is -2.33. The Morgan fingerprint density at radius 1 is 1.08 bits per heavy atom. The smallest absolute Gasteiger partial charge is 0.264 e. The first-order valence-electron chi connectivity index (χ1n) is 8.04. The van der Waals surface area contributed by atoms with Crippen molar-refractivity contribution in [2.75, 3.05) is 11.9 Å². The number of carbonyl (C=O) groups excluding carboxylic acids is 3. The number of hydrogen-bond donors (Lipinski definition) is 1. The van der Waals surface area contributed by atoms with Crippen LogP contribution in [-0.4, -0.2) is 29.2 Å². The summed E-state index contributed by atoms with van der Waals surface area (Å²) in [5, 5.41) is 2.72. The highest BCUT2D eigenvalue weighted by Gasteiger charge is 2.37. The lowest BCUT2D eigenvalue weighted by Gasteiger charge is -2.13. The molecule has 0 fully saturated rings. The zero-order valence-electron chi connectivity index (χ0n) is 13.7. The molecule has 0 saturated heterocycles. The van der Waals surface area contributed by atoms with Crippen molar-refractivity contribution in [1.29, 1.82) is 0 Å². The maximum atomic E-state index is 13.8. The van der Waals surface area contributed by atoms with Crippen molar-refractivity contribution >= 4 is 23.4 Å². The van der Waals surface area contributed by atoms with E-state index < -0.39 is 17.6 Å². The zero-order valence-corrected chi connectivity index (χ0v) is 13.7. The van der Waals surface area contributed by atoms with Crippen molar-refractivity contribution in [2.45, 2.75) is 19.8 Å². The number of nitrogens with zero attached hydrogens (tertiary/aromatic N) is 1. The van der Waals surface area contributed by atoms with Gasteiger partial charge in [0.2, 0.25) is 5.91 Å². The minimum absolute atomic E-state index is 0.0422. The molecule has 1 N–H and O–H groups in total. The second kappa shape index (κ2) is 6.84. The van der Waals surface area contributed by atoms with Gasteiger partial charge in [-0.3, -0.25) is 19.3 Å². The van der Waals surface area contributed by atoms with Crippen LogP contribution in [-0.2, 0) is 11.2 Å². The number of halogens is 1. The van der Waals surface area contributed by atoms with E-state index in [9.17, 15) is 18.8 Å². The Labute approximate surface area is 144 Å². The zero-order chi connectivity index (χ0) is 18.0. The topological polar surface area (TPSA) is 66.5 Å². The van der Waals surface area contributed by atoms with Crippen LogP contribution in [0.1, 0.15) is 39.6 Å². The molecule has 1 heterocycles. The summed E-state index contributed by atoms with van der Waals surface area (Å²) in [5.41, 5.74) is 1.63. The summed E-state index contributed by atoms with van der Waals surface area (Å²) in [7, 11) is 0. The van der Waals surface area contributed by atoms with Gasteiger partial charge in [-0.1, -0.05) is 25.1 Å². The number of imide groups is 1. The van der Waals surface area contributed by atoms with E-state index in [-0.39, 0.29) is 30.0 Å². The third-order valence-corrected chi connectivity index (χ3v) is 4.16. The number of nitrogens with one attached hydrogen (secondary N) is 1. The van der Waals surface area contributed by atoms with E-state index >= 15 is 0 Å². The molecule has 0 saturated carbocycles. The molecule has 0 atom stereocenters. The molecule has 1 aliphatic rings. The fourth-order valence-electron chi connectivity index (χ4n) is 2.76. The first-order valence-corrected chi connectivity index (χ1v) is 8.04. The average molecular weight is 340 g/mol. The SMILES string of the molecule is CCc1ccc(NC(=O)CCN2C(=O)c3cccc(F)c3C2=O)cc1. The van der Waals surface area contributed by atoms with E-state index in [1.165, 1.54) is 12.1 Å². The highest BCUT2D eigenvalue weighted by molar-refractivity contribution is 6.21. The Bertz CT molecular complexity index is 846. The molecule has 2 aromatic rings. The molecule has 6 heteroatoms. The molecule has 0 bridgehead atoms. The highest BCUT2D eigenvalue weighted by Crippen LogP contribution is 2.25. The lowest BCUT2D eigenvalue weighted by molar-refractivity contribution is -0.116. The standard InChI is InChI=1S/C19H17FN2O3/c1-2-12-6-8-13(9-7-12)21-16(23)10-11-22-18(24)14-4-3-5-15(20)17(14)19(22)25/h3-9H,2,10-11H2,1H3,(H,21,23). The van der Waals surface area contributed by atoms with Crippen LogP contribution >= 0.6 is 0 Å². The third-order valence-electron chi connectivity index (χ3n) is 4.16. The van der Waals surface area contributed by atoms with Crippen molar-refractivity contribution in [2.24, 2.45) is 0 Å². The number of benzene rings is 2. The van der Waals surface area contributed by atoms with Crippen LogP contribution in [0.5, 0.6) is 0 Å². The summed E-state index contributed by atoms with van der Waals surface area (Å²) >= 11 is 0. The van der Waals surface area contributed by atoms with E-state index in [0.717, 1.165) is 23.0 Å². The Kier molecular flexibility index (Phi) is 4.61. The molecule has 25 heavy (non-hydrogen) atoms. The second-order valence-electron chi connectivity index (χ2n) is 5.77. The summed E-state index contributed by atoms with van der Waals surface area (Å²) in [5.74, 6) is -2.31. The van der Waals surface area contributed by atoms with Crippen LogP contribution in [0.4, 0.5) is 10.1 Å². The minimum atomic E-state index is -0.723. The van der Waals surface area contributed by atoms with Crippen molar-refractivity contribution in [3.63, 3.8) is 0 Å². The first-order chi connectivity index (χ1) is 12.0. The van der Waals surface area contributed by atoms with Gasteiger partial charge in [-0.2, -0.15) is 0 Å². The molecule has 0 spiro atoms. The van der Waals surface area contributed by atoms with Crippen LogP contribution in [0.2, 0.25) is 0 Å². The van der Waals surface area contributed by atoms with Crippen LogP contribution in [0.3, 0.4) is 0 Å². The molecule has 0 radical (unpaired) electrons. The van der Waals surface area contributed by atoms with Gasteiger partial charge < -0.3 is 5.32 Å². The van der Waals surface area contributed by atoms with Gasteiger partial charge in [0, 0.05) is 18.7 Å². The number of anilines is 1. The number of rotatable bonds is 5.